The number of benzene rings is 1. The quantitative estimate of drug-likeness (QED) is 0.770. The highest BCUT2D eigenvalue weighted by atomic mass is 16.5. The Hall–Kier alpha value is -1.38. The zero-order chi connectivity index (χ0) is 12.8. The molecule has 0 heterocycles. The number of nitrogens with zero attached hydrogens (tertiary/aromatic N) is 1. The average molecular weight is 236 g/mol. The molecule has 0 aliphatic heterocycles. The average Bonchev–Trinajstić information content (AvgIpc) is 2.31. The molecule has 0 fully saturated rings. The molecule has 1 unspecified atom stereocenters. The first-order valence-electron chi connectivity index (χ1n) is 6.35. The Morgan fingerprint density at radius 2 is 2.06 bits per heavy atom. The molecule has 0 saturated carbocycles. The lowest BCUT2D eigenvalue weighted by Gasteiger charge is -2.27. The van der Waals surface area contributed by atoms with Crippen molar-refractivity contribution in [3.05, 3.63) is 18.2 Å². The molecule has 0 amide bonds. The van der Waals surface area contributed by atoms with Crippen LogP contribution in [0.4, 0.5) is 11.4 Å². The molecule has 1 rings (SSSR count). The Balaban J connectivity index is 2.86. The van der Waals surface area contributed by atoms with E-state index in [2.05, 4.69) is 25.8 Å². The summed E-state index contributed by atoms with van der Waals surface area (Å²) in [6, 6.07) is 6.50. The minimum absolute atomic E-state index is 0.526. The summed E-state index contributed by atoms with van der Waals surface area (Å²) in [4.78, 5) is 2.27. The fourth-order valence-corrected chi connectivity index (χ4v) is 1.89. The molecule has 2 N–H and O–H groups in total. The lowest BCUT2D eigenvalue weighted by Crippen LogP contribution is -2.28. The van der Waals surface area contributed by atoms with Gasteiger partial charge in [0.2, 0.25) is 0 Å². The molecule has 0 saturated heterocycles. The van der Waals surface area contributed by atoms with E-state index in [-0.39, 0.29) is 0 Å². The van der Waals surface area contributed by atoms with E-state index < -0.39 is 0 Å². The summed E-state index contributed by atoms with van der Waals surface area (Å²) in [6.07, 6.45) is 2.38. The van der Waals surface area contributed by atoms with E-state index in [0.717, 1.165) is 11.4 Å². The third-order valence-electron chi connectivity index (χ3n) is 3.07. The molecule has 96 valence electrons. The molecule has 1 aromatic carbocycles. The number of rotatable bonds is 6. The Morgan fingerprint density at radius 3 is 2.65 bits per heavy atom. The first kappa shape index (κ1) is 13.7. The van der Waals surface area contributed by atoms with E-state index in [4.69, 9.17) is 10.5 Å². The predicted molar refractivity (Wildman–Crippen MR) is 74.8 cm³/mol. The van der Waals surface area contributed by atoms with Crippen molar-refractivity contribution in [1.82, 2.24) is 0 Å². The van der Waals surface area contributed by atoms with Gasteiger partial charge < -0.3 is 15.4 Å². The standard InChI is InChI=1S/C14H24N2O/c1-5-7-11(3)16(4)12-8-9-13(15)14(10-12)17-6-2/h8-11H,5-7,15H2,1-4H3. The highest BCUT2D eigenvalue weighted by Crippen LogP contribution is 2.28. The first-order chi connectivity index (χ1) is 8.10. The molecule has 0 aliphatic carbocycles. The number of nitrogen functional groups attached to an aromatic ring is 1. The summed E-state index contributed by atoms with van der Waals surface area (Å²) in [6.45, 7) is 7.05. The van der Waals surface area contributed by atoms with E-state index in [1.807, 2.05) is 25.1 Å². The minimum atomic E-state index is 0.526. The van der Waals surface area contributed by atoms with Gasteiger partial charge in [-0.2, -0.15) is 0 Å². The van der Waals surface area contributed by atoms with E-state index in [1.165, 1.54) is 12.8 Å². The number of hydrogen-bond acceptors (Lipinski definition) is 3. The summed E-state index contributed by atoms with van der Waals surface area (Å²) < 4.78 is 5.52. The second-order valence-corrected chi connectivity index (χ2v) is 4.40. The summed E-state index contributed by atoms with van der Waals surface area (Å²) in [5.41, 5.74) is 7.72. The van der Waals surface area contributed by atoms with Crippen LogP contribution in [0.2, 0.25) is 0 Å². The van der Waals surface area contributed by atoms with Gasteiger partial charge in [-0.3, -0.25) is 0 Å². The van der Waals surface area contributed by atoms with Crippen molar-refractivity contribution >= 4 is 11.4 Å². The minimum Gasteiger partial charge on any atom is -0.492 e. The van der Waals surface area contributed by atoms with Gasteiger partial charge in [-0.05, 0) is 32.4 Å². The van der Waals surface area contributed by atoms with Crippen LogP contribution in [0.3, 0.4) is 0 Å². The van der Waals surface area contributed by atoms with Crippen LogP contribution in [0.1, 0.15) is 33.6 Å². The van der Waals surface area contributed by atoms with Crippen LogP contribution in [0, 0.1) is 0 Å². The molecule has 0 bridgehead atoms. The lowest BCUT2D eigenvalue weighted by molar-refractivity contribution is 0.342. The van der Waals surface area contributed by atoms with Crippen LogP contribution in [0.5, 0.6) is 5.75 Å². The van der Waals surface area contributed by atoms with Gasteiger partial charge in [-0.15, -0.1) is 0 Å². The molecule has 0 radical (unpaired) electrons. The second-order valence-electron chi connectivity index (χ2n) is 4.40. The Kier molecular flexibility index (Phi) is 5.13. The molecule has 3 heteroatoms. The van der Waals surface area contributed by atoms with E-state index >= 15 is 0 Å². The zero-order valence-corrected chi connectivity index (χ0v) is 11.4. The SMILES string of the molecule is CCCC(C)N(C)c1ccc(N)c(OCC)c1. The van der Waals surface area contributed by atoms with E-state index in [1.54, 1.807) is 0 Å². The van der Waals surface area contributed by atoms with Crippen molar-refractivity contribution in [1.29, 1.82) is 0 Å². The first-order valence-corrected chi connectivity index (χ1v) is 6.35. The third kappa shape index (κ3) is 3.55. The summed E-state index contributed by atoms with van der Waals surface area (Å²) in [5.74, 6) is 0.778. The van der Waals surface area contributed by atoms with E-state index in [0.29, 0.717) is 18.3 Å². The largest absolute Gasteiger partial charge is 0.492 e. The van der Waals surface area contributed by atoms with Gasteiger partial charge >= 0.3 is 0 Å². The van der Waals surface area contributed by atoms with Crippen LogP contribution in [0.25, 0.3) is 0 Å². The molecule has 1 aromatic rings. The van der Waals surface area contributed by atoms with Gasteiger partial charge in [0.15, 0.2) is 0 Å². The van der Waals surface area contributed by atoms with Crippen molar-refractivity contribution in [3.63, 3.8) is 0 Å². The lowest BCUT2D eigenvalue weighted by atomic mass is 10.1. The summed E-state index contributed by atoms with van der Waals surface area (Å²) in [7, 11) is 2.11. The molecule has 1 atom stereocenters. The molecule has 17 heavy (non-hydrogen) atoms. The highest BCUT2D eigenvalue weighted by Gasteiger charge is 2.11. The van der Waals surface area contributed by atoms with Crippen molar-refractivity contribution in [2.24, 2.45) is 0 Å². The second kappa shape index (κ2) is 6.38. The van der Waals surface area contributed by atoms with Crippen molar-refractivity contribution < 1.29 is 4.74 Å². The van der Waals surface area contributed by atoms with Crippen LogP contribution in [0.15, 0.2) is 18.2 Å². The van der Waals surface area contributed by atoms with Crippen molar-refractivity contribution in [3.8, 4) is 5.75 Å². The monoisotopic (exact) mass is 236 g/mol. The molecular formula is C14H24N2O. The third-order valence-corrected chi connectivity index (χ3v) is 3.07. The predicted octanol–water partition coefficient (Wildman–Crippen LogP) is 3.29. The van der Waals surface area contributed by atoms with Gasteiger partial charge in [0.1, 0.15) is 5.75 Å². The molecular weight excluding hydrogens is 212 g/mol. The smallest absolute Gasteiger partial charge is 0.144 e. The van der Waals surface area contributed by atoms with Gasteiger partial charge in [-0.1, -0.05) is 13.3 Å². The van der Waals surface area contributed by atoms with Gasteiger partial charge in [0, 0.05) is 24.8 Å². The fourth-order valence-electron chi connectivity index (χ4n) is 1.89. The fraction of sp³-hybridized carbons (Fsp3) is 0.571. The van der Waals surface area contributed by atoms with E-state index in [9.17, 15) is 0 Å². The van der Waals surface area contributed by atoms with Crippen LogP contribution >= 0.6 is 0 Å². The maximum Gasteiger partial charge on any atom is 0.144 e. The number of ether oxygens (including phenoxy) is 1. The molecule has 0 aromatic heterocycles. The topological polar surface area (TPSA) is 38.5 Å². The van der Waals surface area contributed by atoms with Gasteiger partial charge in [0.05, 0.1) is 12.3 Å². The van der Waals surface area contributed by atoms with Crippen molar-refractivity contribution in [2.45, 2.75) is 39.7 Å². The van der Waals surface area contributed by atoms with Crippen LogP contribution in [-0.4, -0.2) is 19.7 Å². The number of hydrogen-bond donors (Lipinski definition) is 1. The molecule has 0 spiro atoms. The maximum atomic E-state index is 5.87. The Bertz CT molecular complexity index is 352. The normalized spacial score (nSPS) is 12.2. The maximum absolute atomic E-state index is 5.87. The number of nitrogens with two attached hydrogens (primary N) is 1. The molecule has 3 nitrogen and oxygen atoms in total. The van der Waals surface area contributed by atoms with Gasteiger partial charge in [0.25, 0.3) is 0 Å². The molecule has 0 aliphatic rings. The highest BCUT2D eigenvalue weighted by molar-refractivity contribution is 5.62. The Morgan fingerprint density at radius 1 is 1.35 bits per heavy atom. The zero-order valence-electron chi connectivity index (χ0n) is 11.4. The Labute approximate surface area is 105 Å². The van der Waals surface area contributed by atoms with Crippen LogP contribution in [-0.2, 0) is 0 Å². The van der Waals surface area contributed by atoms with Crippen molar-refractivity contribution in [2.75, 3.05) is 24.3 Å². The summed E-state index contributed by atoms with van der Waals surface area (Å²) in [5, 5.41) is 0. The van der Waals surface area contributed by atoms with Gasteiger partial charge in [-0.25, -0.2) is 0 Å². The summed E-state index contributed by atoms with van der Waals surface area (Å²) >= 11 is 0. The van der Waals surface area contributed by atoms with Crippen LogP contribution < -0.4 is 15.4 Å². The number of anilines is 2.